The Morgan fingerprint density at radius 2 is 1.94 bits per heavy atom. The molecule has 1 amide bonds. The molecule has 0 spiro atoms. The van der Waals surface area contributed by atoms with Gasteiger partial charge in [-0.3, -0.25) is 4.79 Å². The van der Waals surface area contributed by atoms with Gasteiger partial charge in [-0.1, -0.05) is 26.0 Å². The molecule has 0 aliphatic carbocycles. The van der Waals surface area contributed by atoms with Gasteiger partial charge in [-0.05, 0) is 31.4 Å². The van der Waals surface area contributed by atoms with Crippen LogP contribution in [0.2, 0.25) is 0 Å². The van der Waals surface area contributed by atoms with Crippen LogP contribution in [-0.2, 0) is 0 Å². The van der Waals surface area contributed by atoms with Gasteiger partial charge < -0.3 is 10.6 Å². The minimum absolute atomic E-state index is 0.0787. The molecular weight excluding hydrogens is 224 g/mol. The number of fused-ring (bicyclic) bond motifs is 1. The van der Waals surface area contributed by atoms with E-state index in [1.54, 1.807) is 0 Å². The van der Waals surface area contributed by atoms with E-state index in [4.69, 9.17) is 5.73 Å². The Balaban J connectivity index is 2.56. The molecule has 1 aliphatic rings. The maximum Gasteiger partial charge on any atom is 0.256 e. The summed E-state index contributed by atoms with van der Waals surface area (Å²) in [4.78, 5) is 14.4. The number of amides is 1. The van der Waals surface area contributed by atoms with E-state index in [2.05, 4.69) is 27.7 Å². The lowest BCUT2D eigenvalue weighted by atomic mass is 9.81. The van der Waals surface area contributed by atoms with E-state index in [1.165, 1.54) is 0 Å². The monoisotopic (exact) mass is 246 g/mol. The van der Waals surface area contributed by atoms with Gasteiger partial charge in [-0.25, -0.2) is 0 Å². The molecule has 3 heteroatoms. The maximum atomic E-state index is 12.5. The number of benzene rings is 1. The maximum absolute atomic E-state index is 12.5. The second-order valence-corrected chi connectivity index (χ2v) is 5.71. The Morgan fingerprint density at radius 3 is 2.50 bits per heavy atom. The van der Waals surface area contributed by atoms with Crippen molar-refractivity contribution in [1.82, 2.24) is 4.90 Å². The van der Waals surface area contributed by atoms with Crippen LogP contribution in [0.3, 0.4) is 0 Å². The number of nitrogens with two attached hydrogens (primary N) is 1. The standard InChI is InChI=1S/C15H22N2O/c1-9(2)12-8-17(10(3)4)15(18)14-11(12)6-5-7-13(14)16/h5-7,9-10,12H,8,16H2,1-4H3. The first kappa shape index (κ1) is 12.9. The first-order valence-electron chi connectivity index (χ1n) is 6.62. The highest BCUT2D eigenvalue weighted by Gasteiger charge is 2.34. The highest BCUT2D eigenvalue weighted by atomic mass is 16.2. The van der Waals surface area contributed by atoms with Crippen LogP contribution in [0.15, 0.2) is 18.2 Å². The lowest BCUT2D eigenvalue weighted by Gasteiger charge is -2.39. The summed E-state index contributed by atoms with van der Waals surface area (Å²) in [6.07, 6.45) is 0. The molecule has 1 atom stereocenters. The van der Waals surface area contributed by atoms with E-state index in [9.17, 15) is 4.79 Å². The van der Waals surface area contributed by atoms with E-state index in [0.29, 0.717) is 17.5 Å². The van der Waals surface area contributed by atoms with Gasteiger partial charge in [0.25, 0.3) is 5.91 Å². The lowest BCUT2D eigenvalue weighted by molar-refractivity contribution is 0.0653. The molecule has 3 nitrogen and oxygen atoms in total. The second-order valence-electron chi connectivity index (χ2n) is 5.71. The molecule has 0 bridgehead atoms. The van der Waals surface area contributed by atoms with Crippen LogP contribution in [0.4, 0.5) is 5.69 Å². The third-order valence-corrected chi connectivity index (χ3v) is 3.82. The SMILES string of the molecule is CC(C)C1CN(C(C)C)C(=O)c2c(N)cccc21. The fourth-order valence-corrected chi connectivity index (χ4v) is 2.70. The van der Waals surface area contributed by atoms with Gasteiger partial charge in [0, 0.05) is 24.2 Å². The van der Waals surface area contributed by atoms with Crippen LogP contribution in [0.25, 0.3) is 0 Å². The molecule has 0 fully saturated rings. The van der Waals surface area contributed by atoms with Crippen molar-refractivity contribution in [2.45, 2.75) is 39.7 Å². The number of carbonyl (C=O) groups is 1. The third kappa shape index (κ3) is 1.98. The predicted molar refractivity (Wildman–Crippen MR) is 74.6 cm³/mol. The number of hydrogen-bond acceptors (Lipinski definition) is 2. The van der Waals surface area contributed by atoms with Crippen LogP contribution >= 0.6 is 0 Å². The van der Waals surface area contributed by atoms with E-state index in [1.807, 2.05) is 23.1 Å². The van der Waals surface area contributed by atoms with Crippen molar-refractivity contribution in [3.8, 4) is 0 Å². The van der Waals surface area contributed by atoms with Gasteiger partial charge in [-0.2, -0.15) is 0 Å². The van der Waals surface area contributed by atoms with Crippen LogP contribution in [0.1, 0.15) is 49.5 Å². The third-order valence-electron chi connectivity index (χ3n) is 3.82. The number of hydrogen-bond donors (Lipinski definition) is 1. The summed E-state index contributed by atoms with van der Waals surface area (Å²) < 4.78 is 0. The van der Waals surface area contributed by atoms with Crippen molar-refractivity contribution in [2.75, 3.05) is 12.3 Å². The van der Waals surface area contributed by atoms with Gasteiger partial charge in [-0.15, -0.1) is 0 Å². The van der Waals surface area contributed by atoms with Crippen molar-refractivity contribution < 1.29 is 4.79 Å². The molecule has 0 saturated carbocycles. The number of nitrogen functional groups attached to an aromatic ring is 1. The summed E-state index contributed by atoms with van der Waals surface area (Å²) >= 11 is 0. The molecule has 1 heterocycles. The van der Waals surface area contributed by atoms with Crippen molar-refractivity contribution in [1.29, 1.82) is 0 Å². The molecule has 2 N–H and O–H groups in total. The summed E-state index contributed by atoms with van der Waals surface area (Å²) in [5, 5.41) is 0. The fraction of sp³-hybridized carbons (Fsp3) is 0.533. The van der Waals surface area contributed by atoms with Gasteiger partial charge in [0.1, 0.15) is 0 Å². The molecular formula is C15H22N2O. The number of carbonyl (C=O) groups excluding carboxylic acids is 1. The van der Waals surface area contributed by atoms with E-state index in [0.717, 1.165) is 17.7 Å². The Morgan fingerprint density at radius 1 is 1.28 bits per heavy atom. The zero-order valence-corrected chi connectivity index (χ0v) is 11.6. The highest BCUT2D eigenvalue weighted by molar-refractivity contribution is 6.02. The van der Waals surface area contributed by atoms with E-state index < -0.39 is 0 Å². The molecule has 1 aromatic carbocycles. The molecule has 0 saturated heterocycles. The Kier molecular flexibility index (Phi) is 3.33. The van der Waals surface area contributed by atoms with Crippen molar-refractivity contribution in [2.24, 2.45) is 5.92 Å². The largest absolute Gasteiger partial charge is 0.398 e. The van der Waals surface area contributed by atoms with Crippen molar-refractivity contribution >= 4 is 11.6 Å². The Hall–Kier alpha value is -1.51. The quantitative estimate of drug-likeness (QED) is 0.816. The first-order valence-corrected chi connectivity index (χ1v) is 6.62. The Labute approximate surface area is 109 Å². The predicted octanol–water partition coefficient (Wildman–Crippen LogP) is 2.87. The Bertz CT molecular complexity index is 466. The molecule has 1 unspecified atom stereocenters. The average molecular weight is 246 g/mol. The first-order chi connectivity index (χ1) is 8.43. The summed E-state index contributed by atoms with van der Waals surface area (Å²) in [6, 6.07) is 6.03. The van der Waals surface area contributed by atoms with Gasteiger partial charge in [0.2, 0.25) is 0 Å². The highest BCUT2D eigenvalue weighted by Crippen LogP contribution is 2.36. The molecule has 2 rings (SSSR count). The summed E-state index contributed by atoms with van der Waals surface area (Å²) in [5.74, 6) is 0.957. The summed E-state index contributed by atoms with van der Waals surface area (Å²) in [7, 11) is 0. The normalized spacial score (nSPS) is 19.6. The smallest absolute Gasteiger partial charge is 0.256 e. The number of rotatable bonds is 2. The van der Waals surface area contributed by atoms with Crippen molar-refractivity contribution in [3.63, 3.8) is 0 Å². The molecule has 1 aliphatic heterocycles. The minimum Gasteiger partial charge on any atom is -0.398 e. The fourth-order valence-electron chi connectivity index (χ4n) is 2.70. The average Bonchev–Trinajstić information content (AvgIpc) is 2.28. The van der Waals surface area contributed by atoms with Crippen molar-refractivity contribution in [3.05, 3.63) is 29.3 Å². The number of nitrogens with zero attached hydrogens (tertiary/aromatic N) is 1. The molecule has 98 valence electrons. The molecule has 1 aromatic rings. The van der Waals surface area contributed by atoms with E-state index >= 15 is 0 Å². The summed E-state index contributed by atoms with van der Waals surface area (Å²) in [6.45, 7) is 9.31. The van der Waals surface area contributed by atoms with Crippen LogP contribution in [0, 0.1) is 5.92 Å². The molecule has 0 radical (unpaired) electrons. The van der Waals surface area contributed by atoms with Crippen LogP contribution in [0.5, 0.6) is 0 Å². The zero-order chi connectivity index (χ0) is 13.4. The molecule has 18 heavy (non-hydrogen) atoms. The van der Waals surface area contributed by atoms with Gasteiger partial charge in [0.05, 0.1) is 5.56 Å². The van der Waals surface area contributed by atoms with Gasteiger partial charge >= 0.3 is 0 Å². The number of anilines is 1. The minimum atomic E-state index is 0.0787. The second kappa shape index (κ2) is 4.63. The lowest BCUT2D eigenvalue weighted by Crippen LogP contribution is -2.45. The van der Waals surface area contributed by atoms with Gasteiger partial charge in [0.15, 0.2) is 0 Å². The zero-order valence-electron chi connectivity index (χ0n) is 11.6. The summed E-state index contributed by atoms with van der Waals surface area (Å²) in [5.41, 5.74) is 8.45. The van der Waals surface area contributed by atoms with E-state index in [-0.39, 0.29) is 11.9 Å². The van der Waals surface area contributed by atoms with Crippen LogP contribution in [-0.4, -0.2) is 23.4 Å². The topological polar surface area (TPSA) is 46.3 Å². The molecule has 0 aromatic heterocycles. The van der Waals surface area contributed by atoms with Crippen LogP contribution < -0.4 is 5.73 Å².